The Labute approximate surface area is 117 Å². The maximum Gasteiger partial charge on any atom is 0.139 e. The molecule has 0 N–H and O–H groups in total. The first kappa shape index (κ1) is 12.9. The summed E-state index contributed by atoms with van der Waals surface area (Å²) in [6.07, 6.45) is 0. The van der Waals surface area contributed by atoms with Gasteiger partial charge in [-0.05, 0) is 28.1 Å². The summed E-state index contributed by atoms with van der Waals surface area (Å²) in [7, 11) is 3.19. The van der Waals surface area contributed by atoms with Gasteiger partial charge in [0.1, 0.15) is 32.1 Å². The topological polar surface area (TPSA) is 55.1 Å². The van der Waals surface area contributed by atoms with Gasteiger partial charge < -0.3 is 9.47 Å². The summed E-state index contributed by atoms with van der Waals surface area (Å²) in [5.41, 5.74) is 0.838. The van der Waals surface area contributed by atoms with Crippen LogP contribution in [0.25, 0.3) is 10.6 Å². The fourth-order valence-corrected chi connectivity index (χ4v) is 2.87. The quantitative estimate of drug-likeness (QED) is 0.867. The highest BCUT2D eigenvalue weighted by Gasteiger charge is 2.14. The molecule has 0 radical (unpaired) electrons. The first-order valence-corrected chi connectivity index (χ1v) is 6.59. The summed E-state index contributed by atoms with van der Waals surface area (Å²) < 4.78 is 11.0. The molecular weight excluding hydrogens is 316 g/mol. The second-order valence-corrected chi connectivity index (χ2v) is 5.07. The van der Waals surface area contributed by atoms with E-state index < -0.39 is 0 Å². The number of thiazole rings is 1. The molecule has 0 amide bonds. The van der Waals surface area contributed by atoms with Gasteiger partial charge in [0.25, 0.3) is 0 Å². The number of hydrogen-bond donors (Lipinski definition) is 0. The maximum absolute atomic E-state index is 8.93. The largest absolute Gasteiger partial charge is 0.497 e. The monoisotopic (exact) mass is 324 g/mol. The van der Waals surface area contributed by atoms with E-state index in [9.17, 15) is 0 Å². The molecule has 2 rings (SSSR count). The average molecular weight is 325 g/mol. The first-order valence-electron chi connectivity index (χ1n) is 4.98. The molecule has 0 aliphatic rings. The van der Waals surface area contributed by atoms with Gasteiger partial charge in [-0.2, -0.15) is 5.26 Å². The van der Waals surface area contributed by atoms with Crippen LogP contribution in [0.15, 0.2) is 22.8 Å². The standard InChI is InChI=1S/C12H9BrN2O2S/c1-16-7-3-4-8(9(5-7)17-2)12-15-11(13)10(6-14)18-12/h3-5H,1-2H3. The Morgan fingerprint density at radius 2 is 2.11 bits per heavy atom. The molecular formula is C12H9BrN2O2S. The third-order valence-corrected chi connectivity index (χ3v) is 4.16. The van der Waals surface area contributed by atoms with Crippen LogP contribution in [-0.2, 0) is 0 Å². The third-order valence-electron chi connectivity index (χ3n) is 2.33. The zero-order valence-corrected chi connectivity index (χ0v) is 12.1. The van der Waals surface area contributed by atoms with E-state index in [1.165, 1.54) is 11.3 Å². The molecule has 0 unspecified atom stereocenters. The number of aromatic nitrogens is 1. The van der Waals surface area contributed by atoms with Gasteiger partial charge in [-0.15, -0.1) is 11.3 Å². The highest BCUT2D eigenvalue weighted by Crippen LogP contribution is 2.37. The number of rotatable bonds is 3. The van der Waals surface area contributed by atoms with Crippen LogP contribution in [-0.4, -0.2) is 19.2 Å². The smallest absolute Gasteiger partial charge is 0.139 e. The molecule has 1 aromatic carbocycles. The number of halogens is 1. The average Bonchev–Trinajstić information content (AvgIpc) is 2.79. The molecule has 0 aliphatic heterocycles. The molecule has 0 atom stereocenters. The van der Waals surface area contributed by atoms with Gasteiger partial charge in [-0.1, -0.05) is 0 Å². The Morgan fingerprint density at radius 3 is 2.67 bits per heavy atom. The lowest BCUT2D eigenvalue weighted by Gasteiger charge is -2.07. The van der Waals surface area contributed by atoms with Crippen LogP contribution >= 0.6 is 27.3 Å². The van der Waals surface area contributed by atoms with E-state index in [1.54, 1.807) is 20.3 Å². The summed E-state index contributed by atoms with van der Waals surface area (Å²) >= 11 is 4.58. The highest BCUT2D eigenvalue weighted by atomic mass is 79.9. The van der Waals surface area contributed by atoms with Gasteiger partial charge >= 0.3 is 0 Å². The van der Waals surface area contributed by atoms with Crippen molar-refractivity contribution < 1.29 is 9.47 Å². The summed E-state index contributed by atoms with van der Waals surface area (Å²) in [6.45, 7) is 0. The molecule has 4 nitrogen and oxygen atoms in total. The Kier molecular flexibility index (Phi) is 3.84. The number of methoxy groups -OCH3 is 2. The van der Waals surface area contributed by atoms with Gasteiger partial charge in [-0.3, -0.25) is 0 Å². The first-order chi connectivity index (χ1) is 8.69. The minimum Gasteiger partial charge on any atom is -0.497 e. The van der Waals surface area contributed by atoms with Crippen LogP contribution in [0.5, 0.6) is 11.5 Å². The maximum atomic E-state index is 8.93. The van der Waals surface area contributed by atoms with Crippen molar-refractivity contribution in [1.82, 2.24) is 4.98 Å². The molecule has 0 saturated carbocycles. The van der Waals surface area contributed by atoms with Crippen LogP contribution in [0, 0.1) is 11.3 Å². The lowest BCUT2D eigenvalue weighted by Crippen LogP contribution is -1.89. The zero-order chi connectivity index (χ0) is 13.1. The number of benzene rings is 1. The summed E-state index contributed by atoms with van der Waals surface area (Å²) in [5, 5.41) is 9.66. The zero-order valence-electron chi connectivity index (χ0n) is 9.73. The SMILES string of the molecule is COc1ccc(-c2nc(Br)c(C#N)s2)c(OC)c1. The third kappa shape index (κ3) is 2.33. The van der Waals surface area contributed by atoms with Gasteiger partial charge in [0.15, 0.2) is 0 Å². The van der Waals surface area contributed by atoms with Crippen molar-refractivity contribution in [3.05, 3.63) is 27.7 Å². The molecule has 0 bridgehead atoms. The van der Waals surface area contributed by atoms with E-state index >= 15 is 0 Å². The van der Waals surface area contributed by atoms with Crippen molar-refractivity contribution in [2.24, 2.45) is 0 Å². The predicted molar refractivity (Wildman–Crippen MR) is 73.1 cm³/mol. The Hall–Kier alpha value is -1.58. The summed E-state index contributed by atoms with van der Waals surface area (Å²) in [4.78, 5) is 4.85. The van der Waals surface area contributed by atoms with Crippen molar-refractivity contribution in [2.75, 3.05) is 14.2 Å². The Balaban J connectivity index is 2.53. The molecule has 0 fully saturated rings. The van der Waals surface area contributed by atoms with E-state index in [1.807, 2.05) is 12.1 Å². The van der Waals surface area contributed by atoms with Crippen LogP contribution in [0.2, 0.25) is 0 Å². The highest BCUT2D eigenvalue weighted by molar-refractivity contribution is 9.10. The normalized spacial score (nSPS) is 9.89. The van der Waals surface area contributed by atoms with Gasteiger partial charge in [0.05, 0.1) is 19.8 Å². The van der Waals surface area contributed by atoms with Crippen molar-refractivity contribution in [3.63, 3.8) is 0 Å². The van der Waals surface area contributed by atoms with Crippen molar-refractivity contribution in [2.45, 2.75) is 0 Å². The van der Waals surface area contributed by atoms with E-state index in [0.29, 0.717) is 21.0 Å². The lowest BCUT2D eigenvalue weighted by molar-refractivity contribution is 0.395. The van der Waals surface area contributed by atoms with E-state index in [-0.39, 0.29) is 0 Å². The molecule has 6 heteroatoms. The van der Waals surface area contributed by atoms with E-state index in [4.69, 9.17) is 14.7 Å². The van der Waals surface area contributed by atoms with Gasteiger partial charge in [0.2, 0.25) is 0 Å². The fourth-order valence-electron chi connectivity index (χ4n) is 1.46. The van der Waals surface area contributed by atoms with Crippen LogP contribution in [0.1, 0.15) is 4.88 Å². The number of ether oxygens (including phenoxy) is 2. The van der Waals surface area contributed by atoms with Crippen LogP contribution in [0.4, 0.5) is 0 Å². The van der Waals surface area contributed by atoms with Crippen LogP contribution in [0.3, 0.4) is 0 Å². The lowest BCUT2D eigenvalue weighted by atomic mass is 10.2. The van der Waals surface area contributed by atoms with Crippen molar-refractivity contribution in [3.8, 4) is 28.1 Å². The summed E-state index contributed by atoms with van der Waals surface area (Å²) in [6, 6.07) is 7.58. The Morgan fingerprint density at radius 1 is 1.33 bits per heavy atom. The molecule has 1 heterocycles. The molecule has 18 heavy (non-hydrogen) atoms. The van der Waals surface area contributed by atoms with Crippen molar-refractivity contribution in [1.29, 1.82) is 5.26 Å². The Bertz CT molecular complexity index is 619. The number of nitriles is 1. The molecule has 0 spiro atoms. The molecule has 0 saturated heterocycles. The predicted octanol–water partition coefficient (Wildman–Crippen LogP) is 3.46. The van der Waals surface area contributed by atoms with Crippen LogP contribution < -0.4 is 9.47 Å². The van der Waals surface area contributed by atoms with Gasteiger partial charge in [-0.25, -0.2) is 4.98 Å². The van der Waals surface area contributed by atoms with Crippen molar-refractivity contribution >= 4 is 27.3 Å². The molecule has 1 aromatic heterocycles. The minimum atomic E-state index is 0.544. The number of nitrogens with zero attached hydrogens (tertiary/aromatic N) is 2. The molecule has 92 valence electrons. The fraction of sp³-hybridized carbons (Fsp3) is 0.167. The molecule has 2 aromatic rings. The van der Waals surface area contributed by atoms with Gasteiger partial charge in [0, 0.05) is 6.07 Å². The van der Waals surface area contributed by atoms with E-state index in [2.05, 4.69) is 27.0 Å². The molecule has 0 aliphatic carbocycles. The van der Waals surface area contributed by atoms with E-state index in [0.717, 1.165) is 10.6 Å². The minimum absolute atomic E-state index is 0.544. The second kappa shape index (κ2) is 5.38. The number of hydrogen-bond acceptors (Lipinski definition) is 5. The second-order valence-electron chi connectivity index (χ2n) is 3.32. The summed E-state index contributed by atoms with van der Waals surface area (Å²) in [5.74, 6) is 1.38.